The third kappa shape index (κ3) is 1.58. The van der Waals surface area contributed by atoms with Crippen molar-refractivity contribution in [1.82, 2.24) is 0 Å². The molecule has 0 unspecified atom stereocenters. The minimum atomic E-state index is -1.08. The second kappa shape index (κ2) is 4.19. The first-order valence-corrected chi connectivity index (χ1v) is 4.94. The summed E-state index contributed by atoms with van der Waals surface area (Å²) in [6.45, 7) is 1.83. The Kier molecular flexibility index (Phi) is 3.58. The maximum Gasteiger partial charge on any atom is 0.209 e. The zero-order valence-electron chi connectivity index (χ0n) is 8.27. The van der Waals surface area contributed by atoms with Crippen LogP contribution in [-0.2, 0) is 14.3 Å². The number of carbonyl (C=O) groups is 1. The third-order valence-electron chi connectivity index (χ3n) is 2.49. The molecule has 3 nitrogen and oxygen atoms in total. The van der Waals surface area contributed by atoms with Gasteiger partial charge in [-0.25, -0.2) is 0 Å². The molecule has 0 bridgehead atoms. The van der Waals surface area contributed by atoms with Crippen LogP contribution in [0.5, 0.6) is 0 Å². The molecule has 1 aliphatic rings. The van der Waals surface area contributed by atoms with Gasteiger partial charge in [-0.1, -0.05) is 30.1 Å². The maximum absolute atomic E-state index is 11.3. The summed E-state index contributed by atoms with van der Waals surface area (Å²) in [5.41, 5.74) is 0. The molecule has 0 spiro atoms. The van der Waals surface area contributed by atoms with Crippen molar-refractivity contribution in [2.75, 3.05) is 14.2 Å². The second-order valence-corrected chi connectivity index (χ2v) is 3.99. The first-order chi connectivity index (χ1) is 6.49. The van der Waals surface area contributed by atoms with Crippen molar-refractivity contribution < 1.29 is 14.3 Å². The fraction of sp³-hybridized carbons (Fsp3) is 0.667. The molecule has 5 heteroatoms. The Bertz CT molecular complexity index is 282. The predicted molar refractivity (Wildman–Crippen MR) is 54.3 cm³/mol. The Balaban J connectivity index is 3.22. The van der Waals surface area contributed by atoms with Gasteiger partial charge >= 0.3 is 0 Å². The van der Waals surface area contributed by atoms with E-state index in [2.05, 4.69) is 0 Å². The zero-order valence-corrected chi connectivity index (χ0v) is 9.78. The van der Waals surface area contributed by atoms with E-state index in [-0.39, 0.29) is 28.2 Å². The summed E-state index contributed by atoms with van der Waals surface area (Å²) in [5.74, 6) is -1.40. The molecule has 0 aromatic carbocycles. The molecule has 0 aromatic heterocycles. The molecular formula is C9H12Cl2O3. The first kappa shape index (κ1) is 12.0. The number of methoxy groups -OCH3 is 2. The second-order valence-electron chi connectivity index (χ2n) is 3.23. The highest BCUT2D eigenvalue weighted by Crippen LogP contribution is 2.42. The molecule has 0 N–H and O–H groups in total. The SMILES string of the molecule is COC1(OC)C(Cl)=C(Cl)C(=O)C[C@@H]1C. The van der Waals surface area contributed by atoms with Gasteiger partial charge in [0.2, 0.25) is 5.79 Å². The average Bonchev–Trinajstić information content (AvgIpc) is 2.17. The molecule has 80 valence electrons. The molecule has 0 saturated carbocycles. The summed E-state index contributed by atoms with van der Waals surface area (Å²) >= 11 is 11.7. The predicted octanol–water partition coefficient (Wildman–Crippen LogP) is 2.27. The van der Waals surface area contributed by atoms with E-state index < -0.39 is 5.79 Å². The van der Waals surface area contributed by atoms with Gasteiger partial charge in [0, 0.05) is 26.6 Å². The highest BCUT2D eigenvalue weighted by atomic mass is 35.5. The molecule has 1 atom stereocenters. The molecule has 1 rings (SSSR count). The van der Waals surface area contributed by atoms with E-state index in [1.807, 2.05) is 6.92 Å². The summed E-state index contributed by atoms with van der Waals surface area (Å²) in [7, 11) is 2.95. The lowest BCUT2D eigenvalue weighted by molar-refractivity contribution is -0.208. The minimum absolute atomic E-state index is 0.00784. The average molecular weight is 239 g/mol. The molecule has 1 aliphatic carbocycles. The fourth-order valence-corrected chi connectivity index (χ4v) is 2.31. The fourth-order valence-electron chi connectivity index (χ4n) is 1.66. The summed E-state index contributed by atoms with van der Waals surface area (Å²) in [6, 6.07) is 0. The number of carbonyl (C=O) groups excluding carboxylic acids is 1. The zero-order chi connectivity index (χ0) is 10.9. The molecule has 14 heavy (non-hydrogen) atoms. The van der Waals surface area contributed by atoms with Crippen LogP contribution >= 0.6 is 23.2 Å². The Labute approximate surface area is 93.0 Å². The molecular weight excluding hydrogens is 227 g/mol. The lowest BCUT2D eigenvalue weighted by Gasteiger charge is -2.38. The minimum Gasteiger partial charge on any atom is -0.348 e. The van der Waals surface area contributed by atoms with Gasteiger partial charge < -0.3 is 9.47 Å². The van der Waals surface area contributed by atoms with Gasteiger partial charge in [-0.15, -0.1) is 0 Å². The van der Waals surface area contributed by atoms with Crippen molar-refractivity contribution in [3.05, 3.63) is 10.1 Å². The highest BCUT2D eigenvalue weighted by Gasteiger charge is 2.47. The first-order valence-electron chi connectivity index (χ1n) is 4.18. The van der Waals surface area contributed by atoms with Gasteiger partial charge in [0.05, 0.1) is 5.03 Å². The smallest absolute Gasteiger partial charge is 0.209 e. The quantitative estimate of drug-likeness (QED) is 0.693. The number of ketones is 1. The number of Topliss-reactive ketones (excluding diaryl/α,β-unsaturated/α-hetero) is 1. The summed E-state index contributed by atoms with van der Waals surface area (Å²) in [5, 5.41) is 0.140. The van der Waals surface area contributed by atoms with Crippen LogP contribution in [0.1, 0.15) is 13.3 Å². The van der Waals surface area contributed by atoms with Crippen LogP contribution in [-0.4, -0.2) is 25.8 Å². The topological polar surface area (TPSA) is 35.5 Å². The van der Waals surface area contributed by atoms with Crippen LogP contribution in [0.15, 0.2) is 10.1 Å². The normalized spacial score (nSPS) is 26.9. The van der Waals surface area contributed by atoms with Crippen LogP contribution in [0.4, 0.5) is 0 Å². The van der Waals surface area contributed by atoms with E-state index in [1.54, 1.807) is 0 Å². The van der Waals surface area contributed by atoms with Crippen molar-refractivity contribution >= 4 is 29.0 Å². The van der Waals surface area contributed by atoms with Gasteiger partial charge in [0.25, 0.3) is 0 Å². The Hall–Kier alpha value is -0.0900. The van der Waals surface area contributed by atoms with Crippen LogP contribution in [0.3, 0.4) is 0 Å². The van der Waals surface area contributed by atoms with Gasteiger partial charge in [-0.2, -0.15) is 0 Å². The number of hydrogen-bond donors (Lipinski definition) is 0. The standard InChI is InChI=1S/C9H12Cl2O3/c1-5-4-6(12)7(10)8(11)9(5,13-2)14-3/h5H,4H2,1-3H3/t5-/m0/s1. The van der Waals surface area contributed by atoms with Crippen molar-refractivity contribution in [3.63, 3.8) is 0 Å². The van der Waals surface area contributed by atoms with Crippen LogP contribution in [0.25, 0.3) is 0 Å². The van der Waals surface area contributed by atoms with E-state index in [0.717, 1.165) is 0 Å². The Morgan fingerprint density at radius 3 is 2.29 bits per heavy atom. The largest absolute Gasteiger partial charge is 0.348 e. The van der Waals surface area contributed by atoms with Crippen molar-refractivity contribution in [3.8, 4) is 0 Å². The molecule has 0 amide bonds. The van der Waals surface area contributed by atoms with Crippen molar-refractivity contribution in [2.24, 2.45) is 5.92 Å². The van der Waals surface area contributed by atoms with Gasteiger partial charge in [-0.05, 0) is 0 Å². The van der Waals surface area contributed by atoms with Gasteiger partial charge in [-0.3, -0.25) is 4.79 Å². The van der Waals surface area contributed by atoms with E-state index in [4.69, 9.17) is 32.7 Å². The molecule has 0 heterocycles. The third-order valence-corrected chi connectivity index (χ3v) is 3.44. The van der Waals surface area contributed by atoms with Crippen LogP contribution in [0, 0.1) is 5.92 Å². The Morgan fingerprint density at radius 1 is 1.36 bits per heavy atom. The summed E-state index contributed by atoms with van der Waals surface area (Å²) in [6.07, 6.45) is 0.275. The number of halogens is 2. The molecule has 0 aliphatic heterocycles. The molecule has 0 fully saturated rings. The van der Waals surface area contributed by atoms with Crippen molar-refractivity contribution in [1.29, 1.82) is 0 Å². The molecule has 0 saturated heterocycles. The van der Waals surface area contributed by atoms with E-state index in [9.17, 15) is 4.79 Å². The number of hydrogen-bond acceptors (Lipinski definition) is 3. The van der Waals surface area contributed by atoms with E-state index in [0.29, 0.717) is 0 Å². The van der Waals surface area contributed by atoms with E-state index >= 15 is 0 Å². The van der Waals surface area contributed by atoms with Crippen LogP contribution < -0.4 is 0 Å². The number of allylic oxidation sites excluding steroid dienone is 1. The lowest BCUT2D eigenvalue weighted by Crippen LogP contribution is -2.45. The maximum atomic E-state index is 11.3. The lowest BCUT2D eigenvalue weighted by atomic mass is 9.88. The van der Waals surface area contributed by atoms with Gasteiger partial charge in [0.1, 0.15) is 5.03 Å². The van der Waals surface area contributed by atoms with Crippen LogP contribution in [0.2, 0.25) is 0 Å². The van der Waals surface area contributed by atoms with Gasteiger partial charge in [0.15, 0.2) is 5.78 Å². The van der Waals surface area contributed by atoms with Crippen molar-refractivity contribution in [2.45, 2.75) is 19.1 Å². The summed E-state index contributed by atoms with van der Waals surface area (Å²) in [4.78, 5) is 11.3. The number of ether oxygens (including phenoxy) is 2. The summed E-state index contributed by atoms with van der Waals surface area (Å²) < 4.78 is 10.4. The highest BCUT2D eigenvalue weighted by molar-refractivity contribution is 6.49. The monoisotopic (exact) mass is 238 g/mol. The molecule has 0 aromatic rings. The van der Waals surface area contributed by atoms with E-state index in [1.165, 1.54) is 14.2 Å². The Morgan fingerprint density at radius 2 is 1.86 bits per heavy atom. The molecule has 0 radical (unpaired) electrons. The number of rotatable bonds is 2.